The van der Waals surface area contributed by atoms with E-state index in [9.17, 15) is 14.7 Å². The maximum Gasteiger partial charge on any atom is 0.414 e. The van der Waals surface area contributed by atoms with Gasteiger partial charge in [-0.3, -0.25) is 9.69 Å². The Bertz CT molecular complexity index is 1320. The van der Waals surface area contributed by atoms with Crippen LogP contribution in [-0.2, 0) is 9.53 Å². The highest BCUT2D eigenvalue weighted by Gasteiger charge is 2.33. The molecular formula is C24H23FN6O7. The number of carbonyl (C=O) groups is 2. The Balaban J connectivity index is 1.22. The predicted octanol–water partition coefficient (Wildman–Crippen LogP) is 1.22. The molecule has 0 bridgehead atoms. The molecule has 198 valence electrons. The molecule has 0 aliphatic carbocycles. The second-order valence-electron chi connectivity index (χ2n) is 8.42. The number of benzene rings is 1. The first kappa shape index (κ1) is 25.1. The molecular weight excluding hydrogens is 503 g/mol. The average molecular weight is 526 g/mol. The molecule has 5 rings (SSSR count). The van der Waals surface area contributed by atoms with E-state index in [1.807, 2.05) is 0 Å². The Morgan fingerprint density at radius 1 is 1.24 bits per heavy atom. The number of amides is 2. The Labute approximate surface area is 215 Å². The molecule has 38 heavy (non-hydrogen) atoms. The van der Waals surface area contributed by atoms with Crippen LogP contribution in [0.15, 0.2) is 58.5 Å². The largest absolute Gasteiger partial charge is 0.471 e. The standard InChI is InChI=1S/C24H23FN6O7/c25-19-9-16(30-11-17(38-24(30)35)13-36-22-5-8-37-28-22)2-3-18(19)15-1-4-21(26-10-15)29-6-7-31(27-14-29)23(34)20(33)12-32/h1-5,8-10,14,17,20,32-33H,6-7,11-13H2/t17-,20?/m1/s1. The molecule has 2 atom stereocenters. The lowest BCUT2D eigenvalue weighted by Gasteiger charge is -2.28. The zero-order chi connectivity index (χ0) is 26.6. The van der Waals surface area contributed by atoms with Gasteiger partial charge in [-0.2, -0.15) is 5.10 Å². The molecule has 2 aliphatic rings. The molecule has 2 aromatic heterocycles. The summed E-state index contributed by atoms with van der Waals surface area (Å²) in [5.41, 5.74) is 1.17. The number of hydrogen-bond donors (Lipinski definition) is 2. The van der Waals surface area contributed by atoms with E-state index in [4.69, 9.17) is 14.6 Å². The minimum absolute atomic E-state index is 0.0774. The predicted molar refractivity (Wildman–Crippen MR) is 130 cm³/mol. The minimum Gasteiger partial charge on any atom is -0.471 e. The molecule has 3 aromatic rings. The van der Waals surface area contributed by atoms with Crippen LogP contribution in [0, 0.1) is 5.82 Å². The Hall–Kier alpha value is -4.56. The fourth-order valence-electron chi connectivity index (χ4n) is 3.93. The first-order valence-electron chi connectivity index (χ1n) is 11.6. The molecule has 2 amide bonds. The van der Waals surface area contributed by atoms with E-state index in [-0.39, 0.29) is 25.6 Å². The minimum atomic E-state index is -1.52. The number of cyclic esters (lactones) is 1. The number of ether oxygens (including phenoxy) is 2. The number of aromatic nitrogens is 2. The summed E-state index contributed by atoms with van der Waals surface area (Å²) < 4.78 is 30.5. The van der Waals surface area contributed by atoms with E-state index in [2.05, 4.69) is 19.8 Å². The second-order valence-corrected chi connectivity index (χ2v) is 8.42. The molecule has 14 heteroatoms. The van der Waals surface area contributed by atoms with Crippen LogP contribution in [-0.4, -0.2) is 88.8 Å². The molecule has 4 heterocycles. The fourth-order valence-corrected chi connectivity index (χ4v) is 3.93. The molecule has 1 unspecified atom stereocenters. The van der Waals surface area contributed by atoms with E-state index in [1.54, 1.807) is 29.2 Å². The monoisotopic (exact) mass is 526 g/mol. The summed E-state index contributed by atoms with van der Waals surface area (Å²) in [5, 5.41) is 27.1. The molecule has 13 nitrogen and oxygen atoms in total. The van der Waals surface area contributed by atoms with Crippen molar-refractivity contribution in [2.24, 2.45) is 5.10 Å². The van der Waals surface area contributed by atoms with Crippen LogP contribution in [0.3, 0.4) is 0 Å². The lowest BCUT2D eigenvalue weighted by molar-refractivity contribution is -0.142. The molecule has 1 fully saturated rings. The van der Waals surface area contributed by atoms with Crippen LogP contribution in [0.4, 0.5) is 20.7 Å². The summed E-state index contributed by atoms with van der Waals surface area (Å²) in [7, 11) is 0. The molecule has 2 N–H and O–H groups in total. The first-order chi connectivity index (χ1) is 18.4. The number of pyridine rings is 1. The van der Waals surface area contributed by atoms with Crippen molar-refractivity contribution in [1.82, 2.24) is 15.1 Å². The SMILES string of the molecule is O=C(C(O)CO)N1CCN(c2ccc(-c3ccc(N4C[C@H](COc5ccon5)OC4=O)cc3F)cn2)C=N1. The van der Waals surface area contributed by atoms with Crippen LogP contribution >= 0.6 is 0 Å². The Kier molecular flexibility index (Phi) is 7.15. The van der Waals surface area contributed by atoms with Crippen molar-refractivity contribution in [1.29, 1.82) is 0 Å². The van der Waals surface area contributed by atoms with E-state index >= 15 is 4.39 Å². The number of hydrazone groups is 1. The van der Waals surface area contributed by atoms with Crippen molar-refractivity contribution in [2.75, 3.05) is 42.6 Å². The highest BCUT2D eigenvalue weighted by Crippen LogP contribution is 2.30. The van der Waals surface area contributed by atoms with Gasteiger partial charge in [-0.05, 0) is 35.5 Å². The van der Waals surface area contributed by atoms with Gasteiger partial charge in [-0.15, -0.1) is 0 Å². The van der Waals surface area contributed by atoms with Crippen molar-refractivity contribution in [3.8, 4) is 17.0 Å². The van der Waals surface area contributed by atoms with Crippen molar-refractivity contribution >= 4 is 29.8 Å². The number of carbonyl (C=O) groups excluding carboxylic acids is 2. The van der Waals surface area contributed by atoms with Gasteiger partial charge < -0.3 is 29.1 Å². The summed E-state index contributed by atoms with van der Waals surface area (Å²) >= 11 is 0. The summed E-state index contributed by atoms with van der Waals surface area (Å²) in [6.07, 6.45) is 1.59. The first-order valence-corrected chi connectivity index (χ1v) is 11.6. The topological polar surface area (TPSA) is 154 Å². The number of halogens is 1. The maximum atomic E-state index is 15.1. The van der Waals surface area contributed by atoms with Crippen molar-refractivity contribution in [3.05, 3.63) is 54.7 Å². The lowest BCUT2D eigenvalue weighted by atomic mass is 10.1. The highest BCUT2D eigenvalue weighted by molar-refractivity contribution is 5.90. The quantitative estimate of drug-likeness (QED) is 0.438. The van der Waals surface area contributed by atoms with Gasteiger partial charge in [0, 0.05) is 29.9 Å². The van der Waals surface area contributed by atoms with Crippen LogP contribution in [0.5, 0.6) is 5.88 Å². The highest BCUT2D eigenvalue weighted by atomic mass is 19.1. The number of hydrogen-bond acceptors (Lipinski definition) is 11. The van der Waals surface area contributed by atoms with Crippen LogP contribution in [0.2, 0.25) is 0 Å². The third-order valence-corrected chi connectivity index (χ3v) is 5.92. The van der Waals surface area contributed by atoms with Gasteiger partial charge >= 0.3 is 6.09 Å². The lowest BCUT2D eigenvalue weighted by Crippen LogP contribution is -2.45. The zero-order valence-corrected chi connectivity index (χ0v) is 19.9. The van der Waals surface area contributed by atoms with Gasteiger partial charge in [0.25, 0.3) is 11.8 Å². The van der Waals surface area contributed by atoms with Crippen LogP contribution in [0.1, 0.15) is 0 Å². The molecule has 0 saturated carbocycles. The fraction of sp³-hybridized carbons (Fsp3) is 0.292. The third kappa shape index (κ3) is 5.26. The van der Waals surface area contributed by atoms with E-state index in [0.717, 1.165) is 5.01 Å². The van der Waals surface area contributed by atoms with Crippen LogP contribution in [0.25, 0.3) is 11.1 Å². The van der Waals surface area contributed by atoms with Gasteiger partial charge in [0.1, 0.15) is 30.8 Å². The van der Waals surface area contributed by atoms with Gasteiger partial charge in [-0.25, -0.2) is 19.2 Å². The van der Waals surface area contributed by atoms with E-state index < -0.39 is 36.6 Å². The number of nitrogens with zero attached hydrogens (tertiary/aromatic N) is 6. The zero-order valence-electron chi connectivity index (χ0n) is 19.9. The Morgan fingerprint density at radius 3 is 2.76 bits per heavy atom. The smallest absolute Gasteiger partial charge is 0.414 e. The van der Waals surface area contributed by atoms with E-state index in [1.165, 1.54) is 35.8 Å². The maximum absolute atomic E-state index is 15.1. The summed E-state index contributed by atoms with van der Waals surface area (Å²) in [6.45, 7) is 0.133. The normalized spacial score (nSPS) is 18.0. The third-order valence-electron chi connectivity index (χ3n) is 5.92. The molecule has 2 aliphatic heterocycles. The average Bonchev–Trinajstić information content (AvgIpc) is 3.60. The molecule has 1 aromatic carbocycles. The number of aliphatic hydroxyl groups excluding tert-OH is 2. The van der Waals surface area contributed by atoms with Crippen LogP contribution < -0.4 is 14.5 Å². The summed E-state index contributed by atoms with van der Waals surface area (Å²) in [5.74, 6) is -0.424. The van der Waals surface area contributed by atoms with Crippen molar-refractivity contribution < 1.29 is 38.2 Å². The Morgan fingerprint density at radius 2 is 2.11 bits per heavy atom. The number of aliphatic hydroxyl groups is 2. The second kappa shape index (κ2) is 10.8. The van der Waals surface area contributed by atoms with Gasteiger partial charge in [0.05, 0.1) is 25.4 Å². The van der Waals surface area contributed by atoms with Crippen molar-refractivity contribution in [3.63, 3.8) is 0 Å². The van der Waals surface area contributed by atoms with Gasteiger partial charge in [0.15, 0.2) is 12.2 Å². The van der Waals surface area contributed by atoms with Gasteiger partial charge in [0.2, 0.25) is 0 Å². The molecule has 1 saturated heterocycles. The molecule has 0 spiro atoms. The van der Waals surface area contributed by atoms with Gasteiger partial charge in [-0.1, -0.05) is 0 Å². The number of anilines is 2. The van der Waals surface area contributed by atoms with Crippen molar-refractivity contribution in [2.45, 2.75) is 12.2 Å². The summed E-state index contributed by atoms with van der Waals surface area (Å²) in [4.78, 5) is 31.6. The van der Waals surface area contributed by atoms with E-state index in [0.29, 0.717) is 29.2 Å². The summed E-state index contributed by atoms with van der Waals surface area (Å²) in [6, 6.07) is 9.36. The molecule has 0 radical (unpaired) electrons. The number of rotatable bonds is 8.